The molecule has 0 aliphatic heterocycles. The molecule has 126 heavy (non-hydrogen) atoms. The Hall–Kier alpha value is -7.64. The van der Waals surface area contributed by atoms with E-state index in [9.17, 15) is 19.2 Å². The topological polar surface area (TPSA) is 229 Å². The van der Waals surface area contributed by atoms with Crippen molar-refractivity contribution in [1.29, 1.82) is 0 Å². The summed E-state index contributed by atoms with van der Waals surface area (Å²) in [6, 6.07) is 27.3. The third-order valence-corrected chi connectivity index (χ3v) is 41.9. The molecular formula is C96H110F8O18S4. The Morgan fingerprint density at radius 2 is 0.484 bits per heavy atom. The molecule has 16 aliphatic rings. The Kier molecular flexibility index (Phi) is 23.5. The van der Waals surface area contributed by atoms with Crippen molar-refractivity contribution in [2.45, 2.75) is 259 Å². The predicted molar refractivity (Wildman–Crippen MR) is 449 cm³/mol. The molecule has 0 spiro atoms. The van der Waals surface area contributed by atoms with Gasteiger partial charge in [-0.3, -0.25) is 19.2 Å². The van der Waals surface area contributed by atoms with E-state index in [1.54, 1.807) is 0 Å². The monoisotopic (exact) mass is 1830 g/mol. The van der Waals surface area contributed by atoms with Crippen LogP contribution >= 0.6 is 20.6 Å². The van der Waals surface area contributed by atoms with Crippen LogP contribution in [0.2, 0.25) is 0 Å². The van der Waals surface area contributed by atoms with E-state index < -0.39 is 144 Å². The van der Waals surface area contributed by atoms with Gasteiger partial charge in [-0.05, 0) is 368 Å². The number of benzene rings is 6. The summed E-state index contributed by atoms with van der Waals surface area (Å²) >= 11 is 0. The lowest BCUT2D eigenvalue weighted by atomic mass is 9.49. The fourth-order valence-corrected chi connectivity index (χ4v) is 38.9. The summed E-state index contributed by atoms with van der Waals surface area (Å²) in [5.41, 5.74) is -1.82. The van der Waals surface area contributed by atoms with Gasteiger partial charge >= 0.3 is 66.5 Å². The van der Waals surface area contributed by atoms with E-state index >= 15 is 52.0 Å². The smallest absolute Gasteiger partial charge is 0.439 e. The molecule has 0 atom stereocenters. The second-order valence-electron chi connectivity index (χ2n) is 40.0. The van der Waals surface area contributed by atoms with Gasteiger partial charge in [-0.25, -0.2) is 7.26 Å². The van der Waals surface area contributed by atoms with Crippen LogP contribution in [0.25, 0.3) is 0 Å². The number of rotatable bonds is 35. The van der Waals surface area contributed by atoms with Crippen molar-refractivity contribution in [3.05, 3.63) is 156 Å². The molecule has 0 N–H and O–H groups in total. The lowest BCUT2D eigenvalue weighted by molar-refractivity contribution is -0.327. The molecule has 16 fully saturated rings. The Balaban J connectivity index is 0.676. The van der Waals surface area contributed by atoms with Gasteiger partial charge in [-0.15, -0.1) is 0 Å². The average Bonchev–Trinajstić information content (AvgIpc) is 0.691. The third kappa shape index (κ3) is 16.2. The molecule has 16 saturated carbocycles. The molecule has 682 valence electrons. The van der Waals surface area contributed by atoms with Crippen molar-refractivity contribution in [2.75, 3.05) is 27.2 Å². The van der Waals surface area contributed by atoms with Crippen LogP contribution in [0.4, 0.5) is 35.1 Å². The SMILES string of the molecule is Cc1c(OCOC(=O)CC23CC4CC(CC(C4)C2)C3)cccc1S(OS(=O)(=O)C(F)(F)C(F)(F)C(F)(F)C(F)(F)S(=O)(=O)OS(c1ccccc1)(c1cccc(OCOC(=O)CC23CC4CC(CC(C4)C2)C3)c1C)c1cccc(OCOC(=O)CC23CC4CC(CC(C4)C2)C3)c1C)(c1ccccc1)c1cccc(OCOC(=O)CC23CC4CC(CC(C4)C2)C3)c1C. The van der Waals surface area contributed by atoms with Crippen LogP contribution in [0.5, 0.6) is 23.0 Å². The minimum absolute atomic E-state index is 0.100. The minimum Gasteiger partial charge on any atom is -0.457 e. The highest BCUT2D eigenvalue weighted by Gasteiger charge is 2.89. The number of hydrogen-bond acceptors (Lipinski definition) is 18. The first kappa shape index (κ1) is 89.0. The zero-order valence-electron chi connectivity index (χ0n) is 71.3. The molecule has 0 unspecified atom stereocenters. The molecule has 0 radical (unpaired) electrons. The van der Waals surface area contributed by atoms with E-state index in [4.69, 9.17) is 45.2 Å². The van der Waals surface area contributed by atoms with Gasteiger partial charge in [-0.2, -0.15) is 52.0 Å². The highest BCUT2D eigenvalue weighted by atomic mass is 32.3. The van der Waals surface area contributed by atoms with Crippen molar-refractivity contribution in [3.8, 4) is 23.0 Å². The molecule has 6 aromatic carbocycles. The lowest BCUT2D eigenvalue weighted by Gasteiger charge is -2.56. The molecular weight excluding hydrogens is 1720 g/mol. The van der Waals surface area contributed by atoms with Crippen molar-refractivity contribution in [1.82, 2.24) is 0 Å². The zero-order valence-corrected chi connectivity index (χ0v) is 74.5. The van der Waals surface area contributed by atoms with E-state index in [1.165, 1.54) is 113 Å². The van der Waals surface area contributed by atoms with Gasteiger partial charge in [0, 0.05) is 51.6 Å². The standard InChI is InChI=1S/C96H110F8O18S4/c1-59-77(113-55-117-85(105)51-89-39-63-27-64(40-89)29-65(28-63)41-89)19-11-23-81(59)123(75-15-7-5-8-16-75,82-24-12-20-78(60(82)2)114-56-118-86(106)52-90-42-66-30-67(43-90)32-68(31-66)44-90)121-125(109,110)95(101,102)93(97,98)94(99,100)96(103,104)126(111,112)122-124(76-17-9-6-10-18-76,83-25-13-21-79(61(83)3)115-57-119-87(107)53-91-45-69-33-70(46-91)35-71(34-69)47-91)84-26-14-22-80(62(84)4)116-58-120-88(108)54-92-48-72-36-73(49-92)38-74(37-72)50-92/h5-26,63-74H,27-58H2,1-4H3. The first-order valence-electron chi connectivity index (χ1n) is 44.6. The van der Waals surface area contributed by atoms with Crippen LogP contribution in [0.3, 0.4) is 0 Å². The molecule has 0 heterocycles. The van der Waals surface area contributed by atoms with Gasteiger partial charge in [0.1, 0.15) is 23.0 Å². The second-order valence-corrected chi connectivity index (χ2v) is 48.8. The second kappa shape index (κ2) is 33.3. The normalized spacial score (nSPS) is 31.1. The van der Waals surface area contributed by atoms with Crippen molar-refractivity contribution < 1.29 is 116 Å². The highest BCUT2D eigenvalue weighted by Crippen LogP contribution is 2.77. The Bertz CT molecular complexity index is 4700. The molecule has 0 aromatic heterocycles. The van der Waals surface area contributed by atoms with Crippen LogP contribution in [-0.2, 0) is 65.6 Å². The largest absolute Gasteiger partial charge is 0.457 e. The van der Waals surface area contributed by atoms with Crippen LogP contribution < -0.4 is 18.9 Å². The maximum absolute atomic E-state index is 18.1. The van der Waals surface area contributed by atoms with E-state index in [0.29, 0.717) is 71.0 Å². The quantitative estimate of drug-likeness (QED) is 0.0156. The molecule has 6 aromatic rings. The van der Waals surface area contributed by atoms with Crippen molar-refractivity contribution in [3.63, 3.8) is 0 Å². The summed E-state index contributed by atoms with van der Waals surface area (Å²) < 4.78 is 265. The number of alkyl halides is 8. The zero-order chi connectivity index (χ0) is 88.6. The molecule has 0 amide bonds. The van der Waals surface area contributed by atoms with Gasteiger partial charge in [0.15, 0.2) is 0 Å². The molecule has 0 saturated heterocycles. The highest BCUT2D eigenvalue weighted by molar-refractivity contribution is 8.33. The number of esters is 4. The summed E-state index contributed by atoms with van der Waals surface area (Å²) in [5.74, 6) is -13.4. The first-order chi connectivity index (χ1) is 59.8. The summed E-state index contributed by atoms with van der Waals surface area (Å²) in [7, 11) is -25.8. The van der Waals surface area contributed by atoms with E-state index in [-0.39, 0.29) is 92.6 Å². The Morgan fingerprint density at radius 1 is 0.294 bits per heavy atom. The van der Waals surface area contributed by atoms with E-state index in [0.717, 1.165) is 203 Å². The molecule has 18 nitrogen and oxygen atoms in total. The number of hydrogen-bond donors (Lipinski definition) is 0. The van der Waals surface area contributed by atoms with Crippen LogP contribution in [0.15, 0.2) is 163 Å². The molecule has 22 rings (SSSR count). The predicted octanol–water partition coefficient (Wildman–Crippen LogP) is 23.1. The van der Waals surface area contributed by atoms with Crippen molar-refractivity contribution >= 4 is 64.7 Å². The molecule has 30 heteroatoms. The fourth-order valence-electron chi connectivity index (χ4n) is 27.6. The number of carbonyl (C=O) groups excluding carboxylic acids is 4. The third-order valence-electron chi connectivity index (χ3n) is 30.9. The van der Waals surface area contributed by atoms with Gasteiger partial charge in [0.2, 0.25) is 27.2 Å². The average molecular weight is 1830 g/mol. The number of ether oxygens (including phenoxy) is 8. The minimum atomic E-state index is -8.04. The molecule has 16 aliphatic carbocycles. The summed E-state index contributed by atoms with van der Waals surface area (Å²) in [4.78, 5) is 52.6. The van der Waals surface area contributed by atoms with Crippen LogP contribution in [0.1, 0.15) is 202 Å². The summed E-state index contributed by atoms with van der Waals surface area (Å²) in [5, 5.41) is -15.2. The Labute approximate surface area is 734 Å². The maximum atomic E-state index is 18.1. The van der Waals surface area contributed by atoms with Gasteiger partial charge < -0.3 is 37.9 Å². The first-order valence-corrected chi connectivity index (χ1v) is 50.5. The maximum Gasteiger partial charge on any atom is 0.439 e. The summed E-state index contributed by atoms with van der Waals surface area (Å²) in [6.45, 7) is 2.12. The van der Waals surface area contributed by atoms with Gasteiger partial charge in [0.25, 0.3) is 0 Å². The lowest BCUT2D eigenvalue weighted by Crippen LogP contribution is -2.66. The van der Waals surface area contributed by atoms with Crippen molar-refractivity contribution in [2.24, 2.45) is 92.7 Å². The number of carbonyl (C=O) groups is 4. The van der Waals surface area contributed by atoms with E-state index in [2.05, 4.69) is 0 Å². The summed E-state index contributed by atoms with van der Waals surface area (Å²) in [6.07, 6.45) is 24.0. The Morgan fingerprint density at radius 3 is 0.675 bits per heavy atom. The van der Waals surface area contributed by atoms with E-state index in [1.807, 2.05) is 0 Å². The van der Waals surface area contributed by atoms with Gasteiger partial charge in [0.05, 0.1) is 25.7 Å². The molecule has 16 bridgehead atoms. The number of halogens is 8. The fraction of sp³-hybridized carbons (Fsp3) is 0.583. The van der Waals surface area contributed by atoms with Crippen LogP contribution in [0, 0.1) is 120 Å². The van der Waals surface area contributed by atoms with Crippen LogP contribution in [-0.4, -0.2) is 90.2 Å². The van der Waals surface area contributed by atoms with Gasteiger partial charge in [-0.1, -0.05) is 60.7 Å².